The summed E-state index contributed by atoms with van der Waals surface area (Å²) in [6.45, 7) is -1.94. The minimum atomic E-state index is -3.53. The quantitative estimate of drug-likeness (QED) is 0.630. The molecule has 0 aromatic heterocycles. The number of rotatable bonds is 7. The highest BCUT2D eigenvalue weighted by Gasteiger charge is 2.24. The summed E-state index contributed by atoms with van der Waals surface area (Å²) in [6.07, 6.45) is 6.54. The van der Waals surface area contributed by atoms with Gasteiger partial charge in [-0.15, -0.1) is 0 Å². The summed E-state index contributed by atoms with van der Waals surface area (Å²) in [5, 5.41) is 2.48. The topological polar surface area (TPSA) is 75.7 Å². The maximum atomic E-state index is 12.8. The van der Waals surface area contributed by atoms with Gasteiger partial charge in [-0.1, -0.05) is 37.1 Å². The van der Waals surface area contributed by atoms with Crippen LogP contribution in [-0.4, -0.2) is 38.3 Å². The Hall–Kier alpha value is -2.78. The summed E-state index contributed by atoms with van der Waals surface area (Å²) in [5.74, 6) is -0.672. The van der Waals surface area contributed by atoms with Gasteiger partial charge in [0.2, 0.25) is 15.9 Å². The Morgan fingerprint density at radius 2 is 1.65 bits per heavy atom. The number of alkyl halides is 2. The van der Waals surface area contributed by atoms with E-state index in [1.807, 2.05) is 0 Å². The van der Waals surface area contributed by atoms with Crippen molar-refractivity contribution in [3.8, 4) is 5.75 Å². The number of carbonyl (C=O) groups excluding carboxylic acids is 1. The van der Waals surface area contributed by atoms with E-state index in [2.05, 4.69) is 10.1 Å². The van der Waals surface area contributed by atoms with Crippen molar-refractivity contribution in [3.05, 3.63) is 60.2 Å². The van der Waals surface area contributed by atoms with Crippen LogP contribution in [0.5, 0.6) is 5.75 Å². The molecular formula is C22H24F2N2O4S. The lowest BCUT2D eigenvalue weighted by Gasteiger charge is -2.19. The molecule has 1 N–H and O–H groups in total. The molecule has 0 radical (unpaired) electrons. The lowest BCUT2D eigenvalue weighted by Crippen LogP contribution is -2.31. The summed E-state index contributed by atoms with van der Waals surface area (Å²) < 4.78 is 56.5. The van der Waals surface area contributed by atoms with Crippen molar-refractivity contribution in [2.24, 2.45) is 0 Å². The van der Waals surface area contributed by atoms with Crippen LogP contribution in [0.15, 0.2) is 59.5 Å². The smallest absolute Gasteiger partial charge is 0.387 e. The summed E-state index contributed by atoms with van der Waals surface area (Å²) >= 11 is 0. The number of para-hydroxylation sites is 2. The second-order valence-corrected chi connectivity index (χ2v) is 9.02. The van der Waals surface area contributed by atoms with Crippen molar-refractivity contribution in [1.82, 2.24) is 4.31 Å². The molecule has 0 saturated carbocycles. The van der Waals surface area contributed by atoms with Gasteiger partial charge >= 0.3 is 6.61 Å². The van der Waals surface area contributed by atoms with Gasteiger partial charge in [0.1, 0.15) is 5.75 Å². The van der Waals surface area contributed by atoms with Crippen LogP contribution in [0.25, 0.3) is 6.08 Å². The lowest BCUT2D eigenvalue weighted by molar-refractivity contribution is -0.111. The second-order valence-electron chi connectivity index (χ2n) is 7.08. The first-order valence-corrected chi connectivity index (χ1v) is 11.4. The number of hydrogen-bond acceptors (Lipinski definition) is 4. The predicted octanol–water partition coefficient (Wildman–Crippen LogP) is 4.50. The molecule has 1 aliphatic heterocycles. The second kappa shape index (κ2) is 10.5. The molecule has 31 heavy (non-hydrogen) atoms. The average molecular weight is 451 g/mol. The van der Waals surface area contributed by atoms with E-state index in [0.29, 0.717) is 18.7 Å². The van der Waals surface area contributed by atoms with Gasteiger partial charge in [-0.2, -0.15) is 13.1 Å². The number of hydrogen-bond donors (Lipinski definition) is 1. The van der Waals surface area contributed by atoms with Gasteiger partial charge in [-0.25, -0.2) is 8.42 Å². The third-order valence-corrected chi connectivity index (χ3v) is 6.78. The summed E-state index contributed by atoms with van der Waals surface area (Å²) in [6, 6.07) is 12.1. The van der Waals surface area contributed by atoms with E-state index in [0.717, 1.165) is 25.7 Å². The highest BCUT2D eigenvalue weighted by Crippen LogP contribution is 2.25. The average Bonchev–Trinajstić information content (AvgIpc) is 3.04. The molecule has 0 aliphatic carbocycles. The predicted molar refractivity (Wildman–Crippen MR) is 114 cm³/mol. The minimum absolute atomic E-state index is 0.122. The van der Waals surface area contributed by atoms with E-state index in [9.17, 15) is 22.0 Å². The first-order chi connectivity index (χ1) is 14.9. The van der Waals surface area contributed by atoms with Crippen molar-refractivity contribution in [1.29, 1.82) is 0 Å². The third kappa shape index (κ3) is 6.35. The number of ether oxygens (including phenoxy) is 1. The van der Waals surface area contributed by atoms with E-state index in [-0.39, 0.29) is 16.3 Å². The molecule has 1 fully saturated rings. The normalized spacial score (nSPS) is 15.7. The van der Waals surface area contributed by atoms with Gasteiger partial charge in [0.25, 0.3) is 0 Å². The van der Waals surface area contributed by atoms with Gasteiger partial charge in [0, 0.05) is 19.2 Å². The molecule has 0 atom stereocenters. The summed E-state index contributed by atoms with van der Waals surface area (Å²) in [7, 11) is -3.53. The van der Waals surface area contributed by atoms with Crippen molar-refractivity contribution in [3.63, 3.8) is 0 Å². The van der Waals surface area contributed by atoms with E-state index in [1.54, 1.807) is 18.2 Å². The molecule has 0 bridgehead atoms. The SMILES string of the molecule is O=C(/C=C/c1ccc(S(=O)(=O)N2CCCCCC2)cc1)Nc1ccccc1OC(F)F. The Kier molecular flexibility index (Phi) is 7.75. The molecule has 2 aromatic carbocycles. The molecule has 0 unspecified atom stereocenters. The molecule has 166 valence electrons. The molecule has 1 amide bonds. The lowest BCUT2D eigenvalue weighted by atomic mass is 10.2. The number of sulfonamides is 1. The van der Waals surface area contributed by atoms with E-state index in [1.165, 1.54) is 46.8 Å². The number of halogens is 2. The van der Waals surface area contributed by atoms with Crippen LogP contribution in [0, 0.1) is 0 Å². The van der Waals surface area contributed by atoms with Crippen molar-refractivity contribution < 1.29 is 26.7 Å². The number of amides is 1. The fraction of sp³-hybridized carbons (Fsp3) is 0.318. The number of anilines is 1. The van der Waals surface area contributed by atoms with Gasteiger partial charge in [0.15, 0.2) is 0 Å². The fourth-order valence-electron chi connectivity index (χ4n) is 3.30. The molecular weight excluding hydrogens is 426 g/mol. The largest absolute Gasteiger partial charge is 0.433 e. The summed E-state index contributed by atoms with van der Waals surface area (Å²) in [4.78, 5) is 12.4. The molecule has 9 heteroatoms. The highest BCUT2D eigenvalue weighted by molar-refractivity contribution is 7.89. The van der Waals surface area contributed by atoms with E-state index in [4.69, 9.17) is 0 Å². The van der Waals surface area contributed by atoms with Crippen LogP contribution in [-0.2, 0) is 14.8 Å². The third-order valence-electron chi connectivity index (χ3n) is 4.87. The van der Waals surface area contributed by atoms with Gasteiger partial charge in [-0.05, 0) is 48.7 Å². The number of nitrogens with one attached hydrogen (secondary N) is 1. The van der Waals surface area contributed by atoms with Crippen LogP contribution in [0.3, 0.4) is 0 Å². The first-order valence-electron chi connectivity index (χ1n) is 9.99. The maximum Gasteiger partial charge on any atom is 0.387 e. The zero-order valence-electron chi connectivity index (χ0n) is 16.8. The Balaban J connectivity index is 1.65. The Morgan fingerprint density at radius 1 is 1.00 bits per heavy atom. The number of benzene rings is 2. The van der Waals surface area contributed by atoms with Crippen molar-refractivity contribution >= 4 is 27.7 Å². The molecule has 1 heterocycles. The summed E-state index contributed by atoms with van der Waals surface area (Å²) in [5.41, 5.74) is 0.749. The van der Waals surface area contributed by atoms with Crippen LogP contribution >= 0.6 is 0 Å². The Morgan fingerprint density at radius 3 is 2.29 bits per heavy atom. The van der Waals surface area contributed by atoms with E-state index >= 15 is 0 Å². The minimum Gasteiger partial charge on any atom is -0.433 e. The molecule has 1 saturated heterocycles. The van der Waals surface area contributed by atoms with Crippen LogP contribution < -0.4 is 10.1 Å². The molecule has 2 aromatic rings. The number of nitrogens with zero attached hydrogens (tertiary/aromatic N) is 1. The number of carbonyl (C=O) groups is 1. The standard InChI is InChI=1S/C22H24F2N2O4S/c23-22(24)30-20-8-4-3-7-19(20)25-21(27)14-11-17-9-12-18(13-10-17)31(28,29)26-15-5-1-2-6-16-26/h3-4,7-14,22H,1-2,5-6,15-16H2,(H,25,27)/b14-11+. The van der Waals surface area contributed by atoms with Gasteiger partial charge in [0.05, 0.1) is 10.6 Å². The molecule has 1 aliphatic rings. The van der Waals surface area contributed by atoms with E-state index < -0.39 is 22.5 Å². The van der Waals surface area contributed by atoms with Crippen LogP contribution in [0.2, 0.25) is 0 Å². The van der Waals surface area contributed by atoms with Crippen LogP contribution in [0.1, 0.15) is 31.2 Å². The Labute approximate surface area is 180 Å². The van der Waals surface area contributed by atoms with Crippen molar-refractivity contribution in [2.75, 3.05) is 18.4 Å². The Bertz CT molecular complexity index is 1020. The highest BCUT2D eigenvalue weighted by atomic mass is 32.2. The van der Waals surface area contributed by atoms with Crippen LogP contribution in [0.4, 0.5) is 14.5 Å². The van der Waals surface area contributed by atoms with Crippen molar-refractivity contribution in [2.45, 2.75) is 37.2 Å². The zero-order chi connectivity index (χ0) is 22.3. The van der Waals surface area contributed by atoms with Gasteiger partial charge < -0.3 is 10.1 Å². The maximum absolute atomic E-state index is 12.8. The zero-order valence-corrected chi connectivity index (χ0v) is 17.7. The van der Waals surface area contributed by atoms with Gasteiger partial charge in [-0.3, -0.25) is 4.79 Å². The molecule has 6 nitrogen and oxygen atoms in total. The molecule has 0 spiro atoms. The monoisotopic (exact) mass is 450 g/mol. The first kappa shape index (κ1) is 22.9. The fourth-order valence-corrected chi connectivity index (χ4v) is 4.81. The molecule has 3 rings (SSSR count).